The predicted octanol–water partition coefficient (Wildman–Crippen LogP) is 3.46. The van der Waals surface area contributed by atoms with E-state index in [-0.39, 0.29) is 18.4 Å². The number of para-hydroxylation sites is 1. The van der Waals surface area contributed by atoms with Crippen molar-refractivity contribution in [3.63, 3.8) is 0 Å². The predicted molar refractivity (Wildman–Crippen MR) is 84.8 cm³/mol. The average Bonchev–Trinajstić information content (AvgIpc) is 2.44. The van der Waals surface area contributed by atoms with Gasteiger partial charge in [-0.3, -0.25) is 4.90 Å². The molecule has 1 heterocycles. The number of hydrogen-bond donors (Lipinski definition) is 1. The van der Waals surface area contributed by atoms with Crippen molar-refractivity contribution >= 4 is 12.4 Å². The van der Waals surface area contributed by atoms with Crippen molar-refractivity contribution in [1.82, 2.24) is 10.2 Å². The fourth-order valence-corrected chi connectivity index (χ4v) is 3.39. The van der Waals surface area contributed by atoms with E-state index >= 15 is 0 Å². The van der Waals surface area contributed by atoms with Gasteiger partial charge in [-0.1, -0.05) is 24.6 Å². The molecule has 2 fully saturated rings. The molecule has 0 amide bonds. The molecule has 3 nitrogen and oxygen atoms in total. The first kappa shape index (κ1) is 17.4. The van der Waals surface area contributed by atoms with E-state index in [2.05, 4.69) is 10.2 Å². The maximum atomic E-state index is 12.7. The van der Waals surface area contributed by atoms with Gasteiger partial charge in [-0.2, -0.15) is 8.78 Å². The van der Waals surface area contributed by atoms with Crippen LogP contribution < -0.4 is 10.1 Å². The second kappa shape index (κ2) is 8.09. The van der Waals surface area contributed by atoms with E-state index in [1.165, 1.54) is 19.3 Å². The van der Waals surface area contributed by atoms with Crippen LogP contribution in [0.4, 0.5) is 8.78 Å². The SMILES string of the molecule is Cl.FC(F)Oc1ccccc1[C@H](C1CCC1)N1CCNCC1. The molecule has 2 aliphatic rings. The standard InChI is InChI=1S/C16H22F2N2O.ClH/c17-16(18)21-14-7-2-1-6-13(14)15(12-4-3-5-12)20-10-8-19-9-11-20;/h1-2,6-7,12,15-16,19H,3-5,8-11H2;1H/t15-;/m0./s1. The fraction of sp³-hybridized carbons (Fsp3) is 0.625. The molecule has 1 saturated carbocycles. The Morgan fingerprint density at radius 1 is 1.14 bits per heavy atom. The number of ether oxygens (including phenoxy) is 1. The third-order valence-electron chi connectivity index (χ3n) is 4.60. The highest BCUT2D eigenvalue weighted by molar-refractivity contribution is 5.85. The van der Waals surface area contributed by atoms with Crippen molar-refractivity contribution in [2.45, 2.75) is 31.9 Å². The minimum Gasteiger partial charge on any atom is -0.434 e. The van der Waals surface area contributed by atoms with Crippen LogP contribution in [0.2, 0.25) is 0 Å². The van der Waals surface area contributed by atoms with Crippen LogP contribution in [0, 0.1) is 5.92 Å². The number of nitrogens with one attached hydrogen (secondary N) is 1. The van der Waals surface area contributed by atoms with Crippen LogP contribution in [0.5, 0.6) is 5.75 Å². The highest BCUT2D eigenvalue weighted by atomic mass is 35.5. The topological polar surface area (TPSA) is 24.5 Å². The minimum absolute atomic E-state index is 0. The molecule has 6 heteroatoms. The van der Waals surface area contributed by atoms with Gasteiger partial charge in [0, 0.05) is 37.8 Å². The van der Waals surface area contributed by atoms with Crippen molar-refractivity contribution in [3.8, 4) is 5.75 Å². The lowest BCUT2D eigenvalue weighted by atomic mass is 9.76. The minimum atomic E-state index is -2.77. The summed E-state index contributed by atoms with van der Waals surface area (Å²) in [4.78, 5) is 2.42. The zero-order valence-electron chi connectivity index (χ0n) is 12.5. The number of rotatable bonds is 5. The Morgan fingerprint density at radius 3 is 2.41 bits per heavy atom. The van der Waals surface area contributed by atoms with Gasteiger partial charge in [0.25, 0.3) is 0 Å². The van der Waals surface area contributed by atoms with Crippen LogP contribution in [0.3, 0.4) is 0 Å². The van der Waals surface area contributed by atoms with Gasteiger partial charge in [0.2, 0.25) is 0 Å². The number of halogens is 3. The van der Waals surface area contributed by atoms with Gasteiger partial charge in [-0.05, 0) is 24.8 Å². The van der Waals surface area contributed by atoms with Crippen LogP contribution in [0.1, 0.15) is 30.9 Å². The molecular formula is C16H23ClF2N2O. The third kappa shape index (κ3) is 3.89. The van der Waals surface area contributed by atoms with Gasteiger partial charge in [-0.15, -0.1) is 12.4 Å². The Labute approximate surface area is 136 Å². The number of piperazine rings is 1. The van der Waals surface area contributed by atoms with E-state index in [0.717, 1.165) is 31.7 Å². The monoisotopic (exact) mass is 332 g/mol. The first-order chi connectivity index (χ1) is 10.3. The number of hydrogen-bond acceptors (Lipinski definition) is 3. The summed E-state index contributed by atoms with van der Waals surface area (Å²) in [6, 6.07) is 7.49. The summed E-state index contributed by atoms with van der Waals surface area (Å²) in [6.07, 6.45) is 3.60. The fourth-order valence-electron chi connectivity index (χ4n) is 3.39. The summed E-state index contributed by atoms with van der Waals surface area (Å²) < 4.78 is 30.1. The van der Waals surface area contributed by atoms with Gasteiger partial charge in [0.1, 0.15) is 5.75 Å². The largest absolute Gasteiger partial charge is 0.434 e. The normalized spacial score (nSPS) is 21.0. The highest BCUT2D eigenvalue weighted by Crippen LogP contribution is 2.44. The Bertz CT molecular complexity index is 465. The molecule has 0 radical (unpaired) electrons. The molecule has 1 aliphatic heterocycles. The maximum Gasteiger partial charge on any atom is 0.387 e. The Balaban J connectivity index is 0.00000176. The summed E-state index contributed by atoms with van der Waals surface area (Å²) in [7, 11) is 0. The lowest BCUT2D eigenvalue weighted by Gasteiger charge is -2.43. The van der Waals surface area contributed by atoms with Crippen molar-refractivity contribution < 1.29 is 13.5 Å². The molecule has 1 atom stereocenters. The van der Waals surface area contributed by atoms with E-state index in [1.807, 2.05) is 12.1 Å². The molecule has 0 aromatic heterocycles. The van der Waals surface area contributed by atoms with E-state index in [9.17, 15) is 8.78 Å². The van der Waals surface area contributed by atoms with Crippen LogP contribution in [0.25, 0.3) is 0 Å². The molecule has 0 bridgehead atoms. The Morgan fingerprint density at radius 2 is 1.82 bits per heavy atom. The first-order valence-electron chi connectivity index (χ1n) is 7.74. The zero-order valence-corrected chi connectivity index (χ0v) is 13.3. The van der Waals surface area contributed by atoms with Crippen molar-refractivity contribution in [1.29, 1.82) is 0 Å². The van der Waals surface area contributed by atoms with Gasteiger partial charge in [0.05, 0.1) is 0 Å². The van der Waals surface area contributed by atoms with E-state index in [4.69, 9.17) is 4.74 Å². The molecule has 22 heavy (non-hydrogen) atoms. The zero-order chi connectivity index (χ0) is 14.7. The summed E-state index contributed by atoms with van der Waals surface area (Å²) >= 11 is 0. The van der Waals surface area contributed by atoms with Crippen LogP contribution >= 0.6 is 12.4 Å². The lowest BCUT2D eigenvalue weighted by molar-refractivity contribution is -0.0520. The van der Waals surface area contributed by atoms with Crippen LogP contribution in [0.15, 0.2) is 24.3 Å². The number of nitrogens with zero attached hydrogens (tertiary/aromatic N) is 1. The van der Waals surface area contributed by atoms with Crippen molar-refractivity contribution in [2.24, 2.45) is 5.92 Å². The average molecular weight is 333 g/mol. The highest BCUT2D eigenvalue weighted by Gasteiger charge is 2.35. The molecular weight excluding hydrogens is 310 g/mol. The van der Waals surface area contributed by atoms with E-state index < -0.39 is 6.61 Å². The summed E-state index contributed by atoms with van der Waals surface area (Å²) in [6.45, 7) is 1.08. The molecule has 3 rings (SSSR count). The van der Waals surface area contributed by atoms with Gasteiger partial charge in [0.15, 0.2) is 0 Å². The third-order valence-corrected chi connectivity index (χ3v) is 4.60. The molecule has 1 saturated heterocycles. The molecule has 0 spiro atoms. The molecule has 124 valence electrons. The molecule has 1 N–H and O–H groups in total. The lowest BCUT2D eigenvalue weighted by Crippen LogP contribution is -2.48. The van der Waals surface area contributed by atoms with Crippen molar-refractivity contribution in [2.75, 3.05) is 26.2 Å². The summed E-state index contributed by atoms with van der Waals surface area (Å²) in [5.41, 5.74) is 0.921. The second-order valence-electron chi connectivity index (χ2n) is 5.84. The maximum absolute atomic E-state index is 12.7. The van der Waals surface area contributed by atoms with E-state index in [0.29, 0.717) is 11.7 Å². The number of benzene rings is 1. The molecule has 1 aliphatic carbocycles. The summed E-state index contributed by atoms with van der Waals surface area (Å²) in [5, 5.41) is 3.35. The molecule has 0 unspecified atom stereocenters. The summed E-state index contributed by atoms with van der Waals surface area (Å²) in [5.74, 6) is 0.897. The smallest absolute Gasteiger partial charge is 0.387 e. The van der Waals surface area contributed by atoms with Gasteiger partial charge >= 0.3 is 6.61 Å². The second-order valence-corrected chi connectivity index (χ2v) is 5.84. The Kier molecular flexibility index (Phi) is 6.41. The van der Waals surface area contributed by atoms with Gasteiger partial charge in [-0.25, -0.2) is 0 Å². The molecule has 1 aromatic rings. The van der Waals surface area contributed by atoms with E-state index in [1.54, 1.807) is 12.1 Å². The van der Waals surface area contributed by atoms with Crippen LogP contribution in [-0.4, -0.2) is 37.7 Å². The Hall–Kier alpha value is -0.910. The van der Waals surface area contributed by atoms with Crippen LogP contribution in [-0.2, 0) is 0 Å². The first-order valence-corrected chi connectivity index (χ1v) is 7.74. The van der Waals surface area contributed by atoms with Gasteiger partial charge < -0.3 is 10.1 Å². The quantitative estimate of drug-likeness (QED) is 0.893. The molecule has 1 aromatic carbocycles. The van der Waals surface area contributed by atoms with Crippen molar-refractivity contribution in [3.05, 3.63) is 29.8 Å². The number of alkyl halides is 2.